The molecule has 0 spiro atoms. The largest absolute Gasteiger partial charge is 0.357 e. The molecule has 0 aliphatic carbocycles. The molecule has 0 heterocycles. The molecule has 0 aliphatic heterocycles. The van der Waals surface area contributed by atoms with E-state index in [1.54, 1.807) is 13.0 Å². The lowest BCUT2D eigenvalue weighted by Gasteiger charge is -2.29. The van der Waals surface area contributed by atoms with Crippen molar-refractivity contribution in [1.82, 2.24) is 10.2 Å². The SMILES string of the molecule is CNC(=O)[C@@H](C)N(Cc1ccccc1C)C(=O)CCCN(c1cc(Cl)ccc1Cl)S(C)(=O)=O. The Kier molecular flexibility index (Phi) is 9.57. The molecule has 1 atom stereocenters. The van der Waals surface area contributed by atoms with Crippen LogP contribution in [0.4, 0.5) is 5.69 Å². The predicted molar refractivity (Wildman–Crippen MR) is 133 cm³/mol. The van der Waals surface area contributed by atoms with Crippen LogP contribution < -0.4 is 9.62 Å². The number of rotatable bonds is 10. The Balaban J connectivity index is 2.19. The molecular weight excluding hydrogens is 485 g/mol. The van der Waals surface area contributed by atoms with Crippen LogP contribution in [0.3, 0.4) is 0 Å². The summed E-state index contributed by atoms with van der Waals surface area (Å²) in [6, 6.07) is 11.5. The molecule has 2 aromatic carbocycles. The van der Waals surface area contributed by atoms with Crippen molar-refractivity contribution >= 4 is 50.7 Å². The fourth-order valence-electron chi connectivity index (χ4n) is 3.42. The lowest BCUT2D eigenvalue weighted by molar-refractivity contribution is -0.140. The average molecular weight is 514 g/mol. The van der Waals surface area contributed by atoms with Gasteiger partial charge in [-0.05, 0) is 49.6 Å². The molecule has 0 unspecified atom stereocenters. The predicted octanol–water partition coefficient (Wildman–Crippen LogP) is 4.01. The van der Waals surface area contributed by atoms with Crippen LogP contribution in [-0.2, 0) is 26.2 Å². The first kappa shape index (κ1) is 27.0. The number of carbonyl (C=O) groups excluding carboxylic acids is 2. The number of halogens is 2. The Labute approximate surface area is 205 Å². The normalized spacial score (nSPS) is 12.2. The molecule has 7 nitrogen and oxygen atoms in total. The summed E-state index contributed by atoms with van der Waals surface area (Å²) in [4.78, 5) is 26.9. The van der Waals surface area contributed by atoms with Gasteiger partial charge in [0.1, 0.15) is 6.04 Å². The first-order valence-corrected chi connectivity index (χ1v) is 13.0. The van der Waals surface area contributed by atoms with E-state index >= 15 is 0 Å². The number of amides is 2. The minimum atomic E-state index is -3.66. The van der Waals surface area contributed by atoms with Crippen molar-refractivity contribution in [3.63, 3.8) is 0 Å². The molecule has 0 saturated heterocycles. The van der Waals surface area contributed by atoms with E-state index in [4.69, 9.17) is 23.2 Å². The number of benzene rings is 2. The smallest absolute Gasteiger partial charge is 0.242 e. The Bertz CT molecular complexity index is 1110. The second kappa shape index (κ2) is 11.7. The standard InChI is InChI=1S/C23H29Cl2N3O4S/c1-16-8-5-6-9-18(16)15-27(17(2)23(30)26-3)22(29)10-7-13-28(33(4,31)32)21-14-19(24)11-12-20(21)25/h5-6,8-9,11-12,14,17H,7,10,13,15H2,1-4H3,(H,26,30)/t17-/m1/s1. The summed E-state index contributed by atoms with van der Waals surface area (Å²) in [6.45, 7) is 3.93. The minimum Gasteiger partial charge on any atom is -0.357 e. The van der Waals surface area contributed by atoms with Crippen LogP contribution >= 0.6 is 23.2 Å². The van der Waals surface area contributed by atoms with E-state index in [0.717, 1.165) is 21.7 Å². The first-order valence-electron chi connectivity index (χ1n) is 10.4. The number of nitrogens with zero attached hydrogens (tertiary/aromatic N) is 2. The van der Waals surface area contributed by atoms with Gasteiger partial charge in [0, 0.05) is 31.6 Å². The summed E-state index contributed by atoms with van der Waals surface area (Å²) < 4.78 is 25.9. The van der Waals surface area contributed by atoms with Gasteiger partial charge in [0.15, 0.2) is 0 Å². The third kappa shape index (κ3) is 7.35. The lowest BCUT2D eigenvalue weighted by atomic mass is 10.1. The molecule has 10 heteroatoms. The Morgan fingerprint density at radius 1 is 1.12 bits per heavy atom. The maximum Gasteiger partial charge on any atom is 0.242 e. The van der Waals surface area contributed by atoms with Gasteiger partial charge in [-0.1, -0.05) is 47.5 Å². The fraction of sp³-hybridized carbons (Fsp3) is 0.391. The van der Waals surface area contributed by atoms with Crippen LogP contribution in [0.2, 0.25) is 10.0 Å². The summed E-state index contributed by atoms with van der Waals surface area (Å²) in [5.41, 5.74) is 2.21. The van der Waals surface area contributed by atoms with E-state index in [1.807, 2.05) is 31.2 Å². The highest BCUT2D eigenvalue weighted by atomic mass is 35.5. The van der Waals surface area contributed by atoms with Crippen LogP contribution in [-0.4, -0.2) is 51.0 Å². The van der Waals surface area contributed by atoms with Crippen molar-refractivity contribution in [2.75, 3.05) is 24.2 Å². The number of hydrogen-bond acceptors (Lipinski definition) is 4. The van der Waals surface area contributed by atoms with Crippen molar-refractivity contribution in [3.8, 4) is 0 Å². The summed E-state index contributed by atoms with van der Waals surface area (Å²) in [5.74, 6) is -0.527. The highest BCUT2D eigenvalue weighted by molar-refractivity contribution is 7.92. The molecule has 0 aliphatic rings. The number of aryl methyl sites for hydroxylation is 1. The summed E-state index contributed by atoms with van der Waals surface area (Å²) >= 11 is 12.2. The van der Waals surface area contributed by atoms with E-state index in [1.165, 1.54) is 24.1 Å². The molecule has 0 saturated carbocycles. The number of sulfonamides is 1. The van der Waals surface area contributed by atoms with E-state index in [-0.39, 0.29) is 48.5 Å². The van der Waals surface area contributed by atoms with Crippen molar-refractivity contribution in [2.45, 2.75) is 39.3 Å². The van der Waals surface area contributed by atoms with Crippen LogP contribution in [0.25, 0.3) is 0 Å². The highest BCUT2D eigenvalue weighted by Crippen LogP contribution is 2.31. The van der Waals surface area contributed by atoms with E-state index in [2.05, 4.69) is 5.32 Å². The van der Waals surface area contributed by atoms with Gasteiger partial charge in [-0.25, -0.2) is 8.42 Å². The van der Waals surface area contributed by atoms with Gasteiger partial charge in [0.25, 0.3) is 0 Å². The third-order valence-electron chi connectivity index (χ3n) is 5.34. The topological polar surface area (TPSA) is 86.8 Å². The molecule has 2 aromatic rings. The number of nitrogens with one attached hydrogen (secondary N) is 1. The minimum absolute atomic E-state index is 0.0389. The van der Waals surface area contributed by atoms with E-state index in [0.29, 0.717) is 5.02 Å². The Hall–Kier alpha value is -2.29. The van der Waals surface area contributed by atoms with Crippen LogP contribution in [0, 0.1) is 6.92 Å². The third-order valence-corrected chi connectivity index (χ3v) is 7.08. The summed E-state index contributed by atoms with van der Waals surface area (Å²) in [6.07, 6.45) is 1.36. The molecular formula is C23H29Cl2N3O4S. The monoisotopic (exact) mass is 513 g/mol. The lowest BCUT2D eigenvalue weighted by Crippen LogP contribution is -2.47. The molecule has 33 heavy (non-hydrogen) atoms. The zero-order chi connectivity index (χ0) is 24.8. The summed E-state index contributed by atoms with van der Waals surface area (Å²) in [7, 11) is -2.14. The average Bonchev–Trinajstić information content (AvgIpc) is 2.76. The van der Waals surface area contributed by atoms with Crippen molar-refractivity contribution in [3.05, 3.63) is 63.6 Å². The van der Waals surface area contributed by atoms with Crippen molar-refractivity contribution < 1.29 is 18.0 Å². The van der Waals surface area contributed by atoms with Crippen LogP contribution in [0.15, 0.2) is 42.5 Å². The van der Waals surface area contributed by atoms with Gasteiger partial charge >= 0.3 is 0 Å². The summed E-state index contributed by atoms with van der Waals surface area (Å²) in [5, 5.41) is 3.17. The fourth-order valence-corrected chi connectivity index (χ4v) is 4.83. The van der Waals surface area contributed by atoms with Crippen molar-refractivity contribution in [1.29, 1.82) is 0 Å². The van der Waals surface area contributed by atoms with Gasteiger partial charge in [-0.3, -0.25) is 13.9 Å². The maximum atomic E-state index is 13.1. The van der Waals surface area contributed by atoms with Gasteiger partial charge in [0.2, 0.25) is 21.8 Å². The molecule has 0 radical (unpaired) electrons. The van der Waals surface area contributed by atoms with Crippen molar-refractivity contribution in [2.24, 2.45) is 0 Å². The Morgan fingerprint density at radius 2 is 1.79 bits per heavy atom. The molecule has 2 rings (SSSR count). The zero-order valence-electron chi connectivity index (χ0n) is 19.1. The molecule has 0 aromatic heterocycles. The molecule has 2 amide bonds. The number of carbonyl (C=O) groups is 2. The molecule has 0 bridgehead atoms. The Morgan fingerprint density at radius 3 is 2.39 bits per heavy atom. The molecule has 0 fully saturated rings. The van der Waals surface area contributed by atoms with Gasteiger partial charge in [0.05, 0.1) is 17.0 Å². The second-order valence-corrected chi connectivity index (χ2v) is 10.5. The van der Waals surface area contributed by atoms with E-state index in [9.17, 15) is 18.0 Å². The first-order chi connectivity index (χ1) is 15.5. The van der Waals surface area contributed by atoms with Gasteiger partial charge < -0.3 is 10.2 Å². The number of anilines is 1. The molecule has 1 N–H and O–H groups in total. The van der Waals surface area contributed by atoms with Gasteiger partial charge in [-0.15, -0.1) is 0 Å². The van der Waals surface area contributed by atoms with Gasteiger partial charge in [-0.2, -0.15) is 0 Å². The highest BCUT2D eigenvalue weighted by Gasteiger charge is 2.26. The number of hydrogen-bond donors (Lipinski definition) is 1. The zero-order valence-corrected chi connectivity index (χ0v) is 21.5. The quantitative estimate of drug-likeness (QED) is 0.519. The van der Waals surface area contributed by atoms with Crippen LogP contribution in [0.5, 0.6) is 0 Å². The maximum absolute atomic E-state index is 13.1. The molecule has 180 valence electrons. The number of likely N-dealkylation sites (N-methyl/N-ethyl adjacent to an activating group) is 1. The second-order valence-electron chi connectivity index (χ2n) is 7.77. The van der Waals surface area contributed by atoms with Crippen LogP contribution in [0.1, 0.15) is 30.9 Å². The van der Waals surface area contributed by atoms with E-state index < -0.39 is 16.1 Å².